The Morgan fingerprint density at radius 3 is 2.44 bits per heavy atom. The van der Waals surface area contributed by atoms with E-state index in [1.807, 2.05) is 49.4 Å². The molecule has 0 aliphatic rings. The lowest BCUT2D eigenvalue weighted by Gasteiger charge is -2.21. The zero-order valence-electron chi connectivity index (χ0n) is 20.1. The first-order chi connectivity index (χ1) is 16.2. The summed E-state index contributed by atoms with van der Waals surface area (Å²) in [6.45, 7) is 10.6. The van der Waals surface area contributed by atoms with Crippen molar-refractivity contribution < 1.29 is 4.79 Å². The monoisotopic (exact) mass is 471 g/mol. The molecule has 3 aromatic carbocycles. The van der Waals surface area contributed by atoms with Crippen LogP contribution < -0.4 is 5.32 Å². The van der Waals surface area contributed by atoms with Crippen LogP contribution >= 0.6 is 11.8 Å². The number of thioether (sulfide) groups is 1. The fourth-order valence-electron chi connectivity index (χ4n) is 3.83. The van der Waals surface area contributed by atoms with Gasteiger partial charge < -0.3 is 5.32 Å². The minimum absolute atomic E-state index is 0.00290. The molecule has 0 bridgehead atoms. The Hall–Kier alpha value is -3.45. The number of amides is 1. The molecule has 0 fully saturated rings. The van der Waals surface area contributed by atoms with Gasteiger partial charge in [-0.25, -0.2) is 0 Å². The molecule has 4 aromatic rings. The Kier molecular flexibility index (Phi) is 6.84. The number of carbonyl (C=O) groups excluding carboxylic acids is 1. The summed E-state index contributed by atoms with van der Waals surface area (Å²) in [6.07, 6.45) is 0.329. The first kappa shape index (κ1) is 23.7. The van der Waals surface area contributed by atoms with Gasteiger partial charge >= 0.3 is 0 Å². The van der Waals surface area contributed by atoms with E-state index in [0.717, 1.165) is 38.4 Å². The van der Waals surface area contributed by atoms with Crippen molar-refractivity contribution in [2.45, 2.75) is 50.7 Å². The summed E-state index contributed by atoms with van der Waals surface area (Å²) < 4.78 is -0.00290. The summed E-state index contributed by atoms with van der Waals surface area (Å²) in [5.74, 6) is 0.496. The minimum Gasteiger partial charge on any atom is -0.325 e. The summed E-state index contributed by atoms with van der Waals surface area (Å²) in [5, 5.41) is 17.7. The number of anilines is 1. The number of aromatic amines is 1. The van der Waals surface area contributed by atoms with Gasteiger partial charge in [0.05, 0.1) is 12.1 Å². The van der Waals surface area contributed by atoms with E-state index in [1.165, 1.54) is 5.56 Å². The van der Waals surface area contributed by atoms with Gasteiger partial charge in [0.2, 0.25) is 11.7 Å². The number of tetrazole rings is 1. The highest BCUT2D eigenvalue weighted by Gasteiger charge is 2.19. The van der Waals surface area contributed by atoms with Crippen LogP contribution in [0.15, 0.2) is 65.6 Å². The Morgan fingerprint density at radius 1 is 1.00 bits per heavy atom. The molecule has 174 valence electrons. The van der Waals surface area contributed by atoms with E-state index in [0.29, 0.717) is 12.2 Å². The minimum atomic E-state index is -0.0358. The first-order valence-electron chi connectivity index (χ1n) is 11.2. The van der Waals surface area contributed by atoms with Crippen LogP contribution in [0.1, 0.15) is 37.5 Å². The van der Waals surface area contributed by atoms with Crippen molar-refractivity contribution in [3.05, 3.63) is 77.4 Å². The van der Waals surface area contributed by atoms with Crippen molar-refractivity contribution in [1.29, 1.82) is 0 Å². The molecule has 7 heteroatoms. The molecule has 0 saturated heterocycles. The standard InChI is InChI=1S/C27H29N5OS/c1-17-10-11-19(18(2)14-17)16-25(33)28-23-15-20(12-13-24(23)34-27(3,4)5)21-8-6-7-9-22(21)26-29-31-32-30-26/h6-15H,16H2,1-5H3,(H,28,33)(H,29,30,31,32). The first-order valence-corrected chi connectivity index (χ1v) is 12.0. The highest BCUT2D eigenvalue weighted by Crippen LogP contribution is 2.40. The maximum atomic E-state index is 13.1. The largest absolute Gasteiger partial charge is 0.325 e. The zero-order chi connectivity index (χ0) is 24.3. The highest BCUT2D eigenvalue weighted by molar-refractivity contribution is 8.00. The summed E-state index contributed by atoms with van der Waals surface area (Å²) in [6, 6.07) is 20.3. The van der Waals surface area contributed by atoms with Crippen LogP contribution in [0.5, 0.6) is 0 Å². The zero-order valence-corrected chi connectivity index (χ0v) is 21.0. The van der Waals surface area contributed by atoms with Gasteiger partial charge in [0.15, 0.2) is 0 Å². The third-order valence-electron chi connectivity index (χ3n) is 5.34. The van der Waals surface area contributed by atoms with Crippen LogP contribution in [0.3, 0.4) is 0 Å². The second-order valence-corrected chi connectivity index (χ2v) is 11.2. The smallest absolute Gasteiger partial charge is 0.228 e. The van der Waals surface area contributed by atoms with Crippen LogP contribution in [-0.4, -0.2) is 31.3 Å². The molecule has 34 heavy (non-hydrogen) atoms. The number of nitrogens with one attached hydrogen (secondary N) is 2. The fourth-order valence-corrected chi connectivity index (χ4v) is 4.85. The number of benzene rings is 3. The van der Waals surface area contributed by atoms with Gasteiger partial charge in [-0.1, -0.05) is 74.9 Å². The topological polar surface area (TPSA) is 83.6 Å². The molecule has 0 unspecified atom stereocenters. The number of hydrogen-bond donors (Lipinski definition) is 2. The maximum Gasteiger partial charge on any atom is 0.228 e. The van der Waals surface area contributed by atoms with Crippen LogP contribution in [0.4, 0.5) is 5.69 Å². The van der Waals surface area contributed by atoms with Gasteiger partial charge in [-0.2, -0.15) is 5.21 Å². The molecule has 0 saturated carbocycles. The average molecular weight is 472 g/mol. The SMILES string of the molecule is Cc1ccc(CC(=O)Nc2cc(-c3ccccc3-c3nn[nH]n3)ccc2SC(C)(C)C)c(C)c1. The normalized spacial score (nSPS) is 11.4. The van der Waals surface area contributed by atoms with Crippen molar-refractivity contribution in [2.75, 3.05) is 5.32 Å². The van der Waals surface area contributed by atoms with Crippen LogP contribution in [0.25, 0.3) is 22.5 Å². The molecule has 1 heterocycles. The summed E-state index contributed by atoms with van der Waals surface area (Å²) >= 11 is 1.73. The average Bonchev–Trinajstić information content (AvgIpc) is 3.31. The van der Waals surface area contributed by atoms with E-state index in [9.17, 15) is 4.79 Å². The Balaban J connectivity index is 1.69. The summed E-state index contributed by atoms with van der Waals surface area (Å²) in [5.41, 5.74) is 6.98. The van der Waals surface area contributed by atoms with E-state index in [4.69, 9.17) is 0 Å². The number of rotatable bonds is 6. The predicted molar refractivity (Wildman–Crippen MR) is 139 cm³/mol. The third kappa shape index (κ3) is 5.72. The van der Waals surface area contributed by atoms with Crippen LogP contribution in [-0.2, 0) is 11.2 Å². The van der Waals surface area contributed by atoms with Gasteiger partial charge in [-0.15, -0.1) is 22.0 Å². The number of hydrogen-bond acceptors (Lipinski definition) is 5. The lowest BCUT2D eigenvalue weighted by Crippen LogP contribution is -2.16. The van der Waals surface area contributed by atoms with Crippen molar-refractivity contribution in [1.82, 2.24) is 20.6 Å². The lowest BCUT2D eigenvalue weighted by molar-refractivity contribution is -0.115. The van der Waals surface area contributed by atoms with E-state index in [-0.39, 0.29) is 10.7 Å². The Bertz CT molecular complexity index is 1310. The molecule has 0 aliphatic heterocycles. The van der Waals surface area contributed by atoms with Gasteiger partial charge in [0.25, 0.3) is 0 Å². The molecular weight excluding hydrogens is 442 g/mol. The maximum absolute atomic E-state index is 13.1. The molecule has 0 atom stereocenters. The van der Waals surface area contributed by atoms with Crippen LogP contribution in [0, 0.1) is 13.8 Å². The van der Waals surface area contributed by atoms with Crippen molar-refractivity contribution >= 4 is 23.4 Å². The predicted octanol–water partition coefficient (Wildman–Crippen LogP) is 6.22. The quantitative estimate of drug-likeness (QED) is 0.326. The fraction of sp³-hybridized carbons (Fsp3) is 0.259. The van der Waals surface area contributed by atoms with E-state index >= 15 is 0 Å². The van der Waals surface area contributed by atoms with Gasteiger partial charge in [-0.05, 0) is 53.4 Å². The molecule has 0 aliphatic carbocycles. The third-order valence-corrected chi connectivity index (χ3v) is 6.53. The van der Waals surface area contributed by atoms with Crippen LogP contribution in [0.2, 0.25) is 0 Å². The number of carbonyl (C=O) groups is 1. The molecule has 4 rings (SSSR count). The Morgan fingerprint density at radius 2 is 1.76 bits per heavy atom. The number of nitrogens with zero attached hydrogens (tertiary/aromatic N) is 3. The summed E-state index contributed by atoms with van der Waals surface area (Å²) in [7, 11) is 0. The number of H-pyrrole nitrogens is 1. The highest BCUT2D eigenvalue weighted by atomic mass is 32.2. The second kappa shape index (κ2) is 9.81. The number of aromatic nitrogens is 4. The van der Waals surface area contributed by atoms with Crippen molar-refractivity contribution in [3.8, 4) is 22.5 Å². The van der Waals surface area contributed by atoms with Gasteiger partial charge in [-0.3, -0.25) is 4.79 Å². The van der Waals surface area contributed by atoms with Crippen molar-refractivity contribution in [2.24, 2.45) is 0 Å². The molecule has 0 spiro atoms. The molecule has 6 nitrogen and oxygen atoms in total. The van der Waals surface area contributed by atoms with Gasteiger partial charge in [0, 0.05) is 15.2 Å². The molecular formula is C27H29N5OS. The summed E-state index contributed by atoms with van der Waals surface area (Å²) in [4.78, 5) is 14.1. The van der Waals surface area contributed by atoms with Gasteiger partial charge in [0.1, 0.15) is 0 Å². The van der Waals surface area contributed by atoms with E-state index < -0.39 is 0 Å². The molecule has 1 aromatic heterocycles. The molecule has 2 N–H and O–H groups in total. The number of aryl methyl sites for hydroxylation is 2. The second-order valence-electron chi connectivity index (χ2n) is 9.36. The van der Waals surface area contributed by atoms with E-state index in [1.54, 1.807) is 11.8 Å². The lowest BCUT2D eigenvalue weighted by atomic mass is 9.98. The Labute approximate surface area is 204 Å². The van der Waals surface area contributed by atoms with E-state index in [2.05, 4.69) is 71.8 Å². The molecule has 1 amide bonds. The molecule has 0 radical (unpaired) electrons. The van der Waals surface area contributed by atoms with Crippen molar-refractivity contribution in [3.63, 3.8) is 0 Å².